The molecule has 0 aliphatic heterocycles. The summed E-state index contributed by atoms with van der Waals surface area (Å²) in [5, 5.41) is 13.4. The fourth-order valence-corrected chi connectivity index (χ4v) is 3.09. The number of thiazole rings is 1. The first kappa shape index (κ1) is 15.9. The lowest BCUT2D eigenvalue weighted by Gasteiger charge is -2.05. The molecule has 8 heteroatoms. The van der Waals surface area contributed by atoms with Crippen molar-refractivity contribution in [1.29, 1.82) is 0 Å². The largest absolute Gasteiger partial charge is 0.496 e. The summed E-state index contributed by atoms with van der Waals surface area (Å²) in [7, 11) is 1.59. The first-order valence-corrected chi connectivity index (χ1v) is 7.89. The van der Waals surface area contributed by atoms with Gasteiger partial charge >= 0.3 is 0 Å². The van der Waals surface area contributed by atoms with Gasteiger partial charge in [-0.15, -0.1) is 11.3 Å². The normalized spacial score (nSPS) is 10.5. The molecule has 0 N–H and O–H groups in total. The summed E-state index contributed by atoms with van der Waals surface area (Å²) in [6.45, 7) is 0.173. The number of aromatic nitrogens is 2. The van der Waals surface area contributed by atoms with Crippen LogP contribution in [0.5, 0.6) is 5.75 Å². The Morgan fingerprint density at radius 2 is 2.08 bits per heavy atom. The van der Waals surface area contributed by atoms with Crippen molar-refractivity contribution in [3.63, 3.8) is 0 Å². The zero-order valence-electron chi connectivity index (χ0n) is 12.7. The van der Waals surface area contributed by atoms with E-state index in [0.717, 1.165) is 10.6 Å². The highest BCUT2D eigenvalue weighted by Gasteiger charge is 2.12. The van der Waals surface area contributed by atoms with Crippen molar-refractivity contribution in [1.82, 2.24) is 9.55 Å². The van der Waals surface area contributed by atoms with Crippen LogP contribution in [0.4, 0.5) is 5.69 Å². The van der Waals surface area contributed by atoms with Gasteiger partial charge in [0.25, 0.3) is 11.2 Å². The smallest absolute Gasteiger partial charge is 0.285 e. The molecule has 0 bridgehead atoms. The zero-order chi connectivity index (χ0) is 17.1. The van der Waals surface area contributed by atoms with Gasteiger partial charge in [0.05, 0.1) is 36.0 Å². The fourth-order valence-electron chi connectivity index (χ4n) is 2.25. The Kier molecular flexibility index (Phi) is 4.39. The number of nitro groups is 1. The summed E-state index contributed by atoms with van der Waals surface area (Å²) in [5.41, 5.74) is 1.08. The van der Waals surface area contributed by atoms with Gasteiger partial charge in [-0.05, 0) is 12.1 Å². The first-order valence-electron chi connectivity index (χ1n) is 7.01. The Balaban J connectivity index is 1.91. The Labute approximate surface area is 140 Å². The second-order valence-electron chi connectivity index (χ2n) is 4.95. The van der Waals surface area contributed by atoms with Crippen LogP contribution in [-0.4, -0.2) is 21.6 Å². The molecule has 0 aliphatic rings. The molecule has 3 rings (SSSR count). The summed E-state index contributed by atoms with van der Waals surface area (Å²) >= 11 is 1.43. The molecule has 0 saturated carbocycles. The Morgan fingerprint density at radius 1 is 1.29 bits per heavy atom. The van der Waals surface area contributed by atoms with Gasteiger partial charge in [0.15, 0.2) is 0 Å². The van der Waals surface area contributed by atoms with Gasteiger partial charge < -0.3 is 9.30 Å². The molecule has 2 aromatic heterocycles. The zero-order valence-corrected chi connectivity index (χ0v) is 13.5. The number of hydrogen-bond donors (Lipinski definition) is 0. The summed E-state index contributed by atoms with van der Waals surface area (Å²) in [5.74, 6) is 0.714. The van der Waals surface area contributed by atoms with Crippen molar-refractivity contribution in [2.75, 3.05) is 7.11 Å². The second-order valence-corrected chi connectivity index (χ2v) is 5.81. The van der Waals surface area contributed by atoms with E-state index in [2.05, 4.69) is 4.98 Å². The minimum absolute atomic E-state index is 0.130. The maximum absolute atomic E-state index is 11.9. The molecule has 2 heterocycles. The molecule has 7 nitrogen and oxygen atoms in total. The van der Waals surface area contributed by atoms with E-state index in [1.807, 2.05) is 29.6 Å². The van der Waals surface area contributed by atoms with Crippen LogP contribution in [0.1, 0.15) is 5.69 Å². The molecule has 0 spiro atoms. The standard InChI is InChI=1S/C16H13N3O4S/c1-23-14-5-3-2-4-13(14)16-17-11(10-24-16)8-18-9-12(19(21)22)6-7-15(18)20/h2-7,9-10H,8H2,1H3. The monoisotopic (exact) mass is 343 g/mol. The summed E-state index contributed by atoms with van der Waals surface area (Å²) < 4.78 is 6.60. The minimum atomic E-state index is -0.531. The van der Waals surface area contributed by atoms with E-state index in [0.29, 0.717) is 11.4 Å². The van der Waals surface area contributed by atoms with E-state index in [-0.39, 0.29) is 17.8 Å². The molecule has 0 atom stereocenters. The summed E-state index contributed by atoms with van der Waals surface area (Å²) in [6.07, 6.45) is 1.23. The predicted molar refractivity (Wildman–Crippen MR) is 90.6 cm³/mol. The number of hydrogen-bond acceptors (Lipinski definition) is 6. The predicted octanol–water partition coefficient (Wildman–Crippen LogP) is 2.94. The van der Waals surface area contributed by atoms with Gasteiger partial charge in [0, 0.05) is 17.5 Å². The number of para-hydroxylation sites is 1. The van der Waals surface area contributed by atoms with E-state index in [1.54, 1.807) is 7.11 Å². The quantitative estimate of drug-likeness (QED) is 0.525. The fraction of sp³-hybridized carbons (Fsp3) is 0.125. The van der Waals surface area contributed by atoms with E-state index in [1.165, 1.54) is 34.2 Å². The average Bonchev–Trinajstić information content (AvgIpc) is 3.05. The van der Waals surface area contributed by atoms with Gasteiger partial charge in [-0.2, -0.15) is 0 Å². The molecular weight excluding hydrogens is 330 g/mol. The topological polar surface area (TPSA) is 87.3 Å². The third-order valence-corrected chi connectivity index (χ3v) is 4.32. The number of ether oxygens (including phenoxy) is 1. The molecule has 0 fully saturated rings. The first-order chi connectivity index (χ1) is 11.6. The Hall–Kier alpha value is -3.00. The van der Waals surface area contributed by atoms with Crippen LogP contribution in [-0.2, 0) is 6.54 Å². The average molecular weight is 343 g/mol. The molecule has 122 valence electrons. The van der Waals surface area contributed by atoms with E-state index in [9.17, 15) is 14.9 Å². The summed E-state index contributed by atoms with van der Waals surface area (Å²) in [4.78, 5) is 26.7. The molecule has 3 aromatic rings. The van der Waals surface area contributed by atoms with Crippen LogP contribution < -0.4 is 10.3 Å². The van der Waals surface area contributed by atoms with Crippen molar-refractivity contribution in [2.45, 2.75) is 6.54 Å². The third-order valence-electron chi connectivity index (χ3n) is 3.40. The number of rotatable bonds is 5. The van der Waals surface area contributed by atoms with E-state index >= 15 is 0 Å². The Bertz CT molecular complexity index is 948. The van der Waals surface area contributed by atoms with Gasteiger partial charge in [-0.1, -0.05) is 12.1 Å². The molecule has 24 heavy (non-hydrogen) atoms. The molecule has 0 unspecified atom stereocenters. The van der Waals surface area contributed by atoms with Crippen LogP contribution in [0.2, 0.25) is 0 Å². The van der Waals surface area contributed by atoms with Crippen LogP contribution in [0, 0.1) is 10.1 Å². The van der Waals surface area contributed by atoms with Crippen molar-refractivity contribution < 1.29 is 9.66 Å². The number of methoxy groups -OCH3 is 1. The maximum Gasteiger partial charge on any atom is 0.285 e. The SMILES string of the molecule is COc1ccccc1-c1nc(Cn2cc([N+](=O)[O-])ccc2=O)cs1. The lowest BCUT2D eigenvalue weighted by Crippen LogP contribution is -2.19. The highest BCUT2D eigenvalue weighted by molar-refractivity contribution is 7.13. The Morgan fingerprint density at radius 3 is 2.83 bits per heavy atom. The second kappa shape index (κ2) is 6.63. The minimum Gasteiger partial charge on any atom is -0.496 e. The van der Waals surface area contributed by atoms with Crippen LogP contribution in [0.15, 0.2) is 52.8 Å². The van der Waals surface area contributed by atoms with Crippen molar-refractivity contribution in [2.24, 2.45) is 0 Å². The lowest BCUT2D eigenvalue weighted by atomic mass is 10.2. The lowest BCUT2D eigenvalue weighted by molar-refractivity contribution is -0.385. The highest BCUT2D eigenvalue weighted by atomic mass is 32.1. The molecule has 0 amide bonds. The number of nitrogens with zero attached hydrogens (tertiary/aromatic N) is 3. The molecule has 0 saturated heterocycles. The van der Waals surface area contributed by atoms with Crippen molar-refractivity contribution in [3.8, 4) is 16.3 Å². The van der Waals surface area contributed by atoms with Crippen molar-refractivity contribution >= 4 is 17.0 Å². The van der Waals surface area contributed by atoms with Gasteiger partial charge in [-0.25, -0.2) is 4.98 Å². The van der Waals surface area contributed by atoms with E-state index < -0.39 is 4.92 Å². The highest BCUT2D eigenvalue weighted by Crippen LogP contribution is 2.31. The van der Waals surface area contributed by atoms with Gasteiger partial charge in [0.2, 0.25) is 0 Å². The number of pyridine rings is 1. The molecular formula is C16H13N3O4S. The maximum atomic E-state index is 11.9. The third kappa shape index (κ3) is 3.18. The van der Waals surface area contributed by atoms with Gasteiger partial charge in [0.1, 0.15) is 10.8 Å². The van der Waals surface area contributed by atoms with Crippen LogP contribution in [0.25, 0.3) is 10.6 Å². The van der Waals surface area contributed by atoms with Gasteiger partial charge in [-0.3, -0.25) is 14.9 Å². The van der Waals surface area contributed by atoms with Crippen LogP contribution in [0.3, 0.4) is 0 Å². The van der Waals surface area contributed by atoms with Crippen LogP contribution >= 0.6 is 11.3 Å². The number of benzene rings is 1. The van der Waals surface area contributed by atoms with Crippen molar-refractivity contribution in [3.05, 3.63) is 74.1 Å². The molecule has 0 aliphatic carbocycles. The van der Waals surface area contributed by atoms with E-state index in [4.69, 9.17) is 4.74 Å². The summed E-state index contributed by atoms with van der Waals surface area (Å²) in [6, 6.07) is 9.90. The molecule has 1 aromatic carbocycles. The molecule has 0 radical (unpaired) electrons.